The van der Waals surface area contributed by atoms with Crippen LogP contribution in [0.25, 0.3) is 11.0 Å². The van der Waals surface area contributed by atoms with Crippen LogP contribution in [0.1, 0.15) is 32.1 Å². The van der Waals surface area contributed by atoms with Gasteiger partial charge in [0.05, 0.1) is 11.8 Å². The van der Waals surface area contributed by atoms with Crippen LogP contribution >= 0.6 is 0 Å². The third kappa shape index (κ3) is 2.87. The lowest BCUT2D eigenvalue weighted by Gasteiger charge is -2.42. The van der Waals surface area contributed by atoms with Crippen LogP contribution < -0.4 is 10.2 Å². The van der Waals surface area contributed by atoms with E-state index in [0.717, 1.165) is 42.4 Å². The number of nitrogens with one attached hydrogen (secondary N) is 2. The van der Waals surface area contributed by atoms with Gasteiger partial charge in [-0.2, -0.15) is 5.26 Å². The number of anilines is 2. The largest absolute Gasteiger partial charge is 0.361 e. The summed E-state index contributed by atoms with van der Waals surface area (Å²) < 4.78 is 0. The van der Waals surface area contributed by atoms with Crippen molar-refractivity contribution in [3.8, 4) is 6.07 Å². The molecular formula is C20H22N6O2. The number of amides is 2. The smallest absolute Gasteiger partial charge is 0.236 e. The van der Waals surface area contributed by atoms with Gasteiger partial charge in [0.15, 0.2) is 0 Å². The fraction of sp³-hybridized carbons (Fsp3) is 0.500. The number of H-pyrrole nitrogens is 1. The van der Waals surface area contributed by atoms with Crippen molar-refractivity contribution in [1.82, 2.24) is 14.9 Å². The summed E-state index contributed by atoms with van der Waals surface area (Å²) in [7, 11) is 0. The van der Waals surface area contributed by atoms with Gasteiger partial charge in [0.25, 0.3) is 0 Å². The van der Waals surface area contributed by atoms with E-state index in [2.05, 4.69) is 20.2 Å². The first kappa shape index (κ1) is 17.0. The van der Waals surface area contributed by atoms with E-state index in [9.17, 15) is 9.59 Å². The zero-order chi connectivity index (χ0) is 19.3. The number of fused-ring (bicyclic) bond motifs is 3. The number of carbonyl (C=O) groups is 2. The van der Waals surface area contributed by atoms with E-state index in [1.165, 1.54) is 0 Å². The first-order chi connectivity index (χ1) is 13.6. The van der Waals surface area contributed by atoms with Crippen LogP contribution in [-0.2, 0) is 9.59 Å². The third-order valence-electron chi connectivity index (χ3n) is 6.05. The Morgan fingerprint density at radius 2 is 2.00 bits per heavy atom. The number of nitrogens with zero attached hydrogens (tertiary/aromatic N) is 4. The molecule has 2 aliphatic heterocycles. The number of pyridine rings is 1. The molecule has 0 aromatic carbocycles. The zero-order valence-electron chi connectivity index (χ0n) is 15.5. The molecule has 0 radical (unpaired) electrons. The summed E-state index contributed by atoms with van der Waals surface area (Å²) in [6.07, 6.45) is 5.73. The quantitative estimate of drug-likeness (QED) is 0.847. The molecule has 1 aliphatic carbocycles. The summed E-state index contributed by atoms with van der Waals surface area (Å²) in [5, 5.41) is 12.8. The van der Waals surface area contributed by atoms with Crippen LogP contribution in [0.3, 0.4) is 0 Å². The summed E-state index contributed by atoms with van der Waals surface area (Å²) >= 11 is 0. The topological polar surface area (TPSA) is 105 Å². The van der Waals surface area contributed by atoms with Crippen molar-refractivity contribution in [2.45, 2.75) is 44.2 Å². The summed E-state index contributed by atoms with van der Waals surface area (Å²) in [5.74, 6) is 0.650. The summed E-state index contributed by atoms with van der Waals surface area (Å²) in [6, 6.07) is 6.37. The predicted octanol–water partition coefficient (Wildman–Crippen LogP) is 2.00. The molecule has 0 spiro atoms. The van der Waals surface area contributed by atoms with E-state index < -0.39 is 0 Å². The highest BCUT2D eigenvalue weighted by Gasteiger charge is 2.42. The molecule has 2 aromatic rings. The maximum absolute atomic E-state index is 12.2. The van der Waals surface area contributed by atoms with E-state index in [-0.39, 0.29) is 36.2 Å². The number of likely N-dealkylation sites (tertiary alicyclic amines) is 1. The average Bonchev–Trinajstić information content (AvgIpc) is 3.38. The molecule has 28 heavy (non-hydrogen) atoms. The van der Waals surface area contributed by atoms with E-state index >= 15 is 0 Å². The maximum Gasteiger partial charge on any atom is 0.236 e. The molecule has 2 N–H and O–H groups in total. The van der Waals surface area contributed by atoms with Gasteiger partial charge < -0.3 is 20.1 Å². The second kappa shape index (κ2) is 6.51. The lowest BCUT2D eigenvalue weighted by atomic mass is 10.1. The number of piperazine rings is 1. The zero-order valence-corrected chi connectivity index (χ0v) is 15.5. The number of rotatable bonds is 4. The van der Waals surface area contributed by atoms with Crippen molar-refractivity contribution >= 4 is 34.4 Å². The lowest BCUT2D eigenvalue weighted by Crippen LogP contribution is -2.55. The fourth-order valence-corrected chi connectivity index (χ4v) is 4.55. The second-order valence-electron chi connectivity index (χ2n) is 7.96. The van der Waals surface area contributed by atoms with Gasteiger partial charge in [-0.25, -0.2) is 4.98 Å². The molecule has 8 heteroatoms. The van der Waals surface area contributed by atoms with Crippen molar-refractivity contribution in [3.63, 3.8) is 0 Å². The standard InChI is InChI=1S/C20H22N6O2/c21-7-5-18(27)25-10-13-3-4-14(11-25)26(13)16-9-17(24-20(28)12-1-2-12)23-19-15(16)6-8-22-19/h6,8-9,12-14H,1-5,10-11H2,(H2,22,23,24,28). The molecular weight excluding hydrogens is 356 g/mol. The molecule has 2 bridgehead atoms. The Bertz CT molecular complexity index is 974. The SMILES string of the molecule is N#CCC(=O)N1CC2CCC(C1)N2c1cc(NC(=O)C2CC2)nc2[nH]ccc12. The van der Waals surface area contributed by atoms with Crippen molar-refractivity contribution in [1.29, 1.82) is 5.26 Å². The van der Waals surface area contributed by atoms with E-state index in [1.807, 2.05) is 29.3 Å². The number of carbonyl (C=O) groups excluding carboxylic acids is 2. The van der Waals surface area contributed by atoms with Gasteiger partial charge in [0.2, 0.25) is 11.8 Å². The highest BCUT2D eigenvalue weighted by atomic mass is 16.2. The molecule has 2 saturated heterocycles. The van der Waals surface area contributed by atoms with Crippen LogP contribution in [0.2, 0.25) is 0 Å². The van der Waals surface area contributed by atoms with Gasteiger partial charge >= 0.3 is 0 Å². The number of aromatic nitrogens is 2. The molecule has 2 atom stereocenters. The molecule has 2 aromatic heterocycles. The second-order valence-corrected chi connectivity index (χ2v) is 7.96. The van der Waals surface area contributed by atoms with Crippen LogP contribution in [0.4, 0.5) is 11.5 Å². The number of hydrogen-bond donors (Lipinski definition) is 2. The number of hydrogen-bond acceptors (Lipinski definition) is 5. The van der Waals surface area contributed by atoms with Gasteiger partial charge in [-0.1, -0.05) is 0 Å². The maximum atomic E-state index is 12.2. The summed E-state index contributed by atoms with van der Waals surface area (Å²) in [5.41, 5.74) is 1.81. The van der Waals surface area contributed by atoms with Crippen LogP contribution in [0.5, 0.6) is 0 Å². The van der Waals surface area contributed by atoms with Gasteiger partial charge in [-0.3, -0.25) is 9.59 Å². The average molecular weight is 378 g/mol. The van der Waals surface area contributed by atoms with Gasteiger partial charge in [0.1, 0.15) is 17.9 Å². The molecule has 2 amide bonds. The van der Waals surface area contributed by atoms with Crippen LogP contribution in [0.15, 0.2) is 18.3 Å². The fourth-order valence-electron chi connectivity index (χ4n) is 4.55. The normalized spacial score (nSPS) is 23.7. The van der Waals surface area contributed by atoms with Gasteiger partial charge in [-0.05, 0) is 31.7 Å². The molecule has 3 fully saturated rings. The number of aromatic amines is 1. The Kier molecular flexibility index (Phi) is 3.97. The molecule has 1 saturated carbocycles. The van der Waals surface area contributed by atoms with Crippen LogP contribution in [-0.4, -0.2) is 51.9 Å². The van der Waals surface area contributed by atoms with Crippen molar-refractivity contribution in [2.24, 2.45) is 5.92 Å². The van der Waals surface area contributed by atoms with E-state index in [0.29, 0.717) is 18.9 Å². The predicted molar refractivity (Wildman–Crippen MR) is 104 cm³/mol. The monoisotopic (exact) mass is 378 g/mol. The number of nitriles is 1. The first-order valence-corrected chi connectivity index (χ1v) is 9.86. The Labute approximate surface area is 162 Å². The molecule has 2 unspecified atom stereocenters. The minimum atomic E-state index is -0.0852. The van der Waals surface area contributed by atoms with Crippen molar-refractivity contribution in [2.75, 3.05) is 23.3 Å². The van der Waals surface area contributed by atoms with E-state index in [1.54, 1.807) is 0 Å². The summed E-state index contributed by atoms with van der Waals surface area (Å²) in [6.45, 7) is 1.27. The summed E-state index contributed by atoms with van der Waals surface area (Å²) in [4.78, 5) is 36.4. The molecule has 5 rings (SSSR count). The molecule has 4 heterocycles. The van der Waals surface area contributed by atoms with E-state index in [4.69, 9.17) is 5.26 Å². The van der Waals surface area contributed by atoms with Gasteiger partial charge in [-0.15, -0.1) is 0 Å². The highest BCUT2D eigenvalue weighted by Crippen LogP contribution is 2.39. The molecule has 8 nitrogen and oxygen atoms in total. The lowest BCUT2D eigenvalue weighted by molar-refractivity contribution is -0.131. The first-order valence-electron chi connectivity index (χ1n) is 9.86. The minimum Gasteiger partial charge on any atom is -0.361 e. The minimum absolute atomic E-state index is 0.0410. The van der Waals surface area contributed by atoms with Crippen LogP contribution in [0, 0.1) is 17.2 Å². The Balaban J connectivity index is 1.46. The molecule has 3 aliphatic rings. The molecule has 144 valence electrons. The van der Waals surface area contributed by atoms with Crippen molar-refractivity contribution < 1.29 is 9.59 Å². The van der Waals surface area contributed by atoms with Crippen molar-refractivity contribution in [3.05, 3.63) is 18.3 Å². The Hall–Kier alpha value is -3.08. The Morgan fingerprint density at radius 3 is 2.68 bits per heavy atom. The van der Waals surface area contributed by atoms with Gasteiger partial charge in [0, 0.05) is 48.7 Å². The third-order valence-corrected chi connectivity index (χ3v) is 6.05. The highest BCUT2D eigenvalue weighted by molar-refractivity contribution is 5.98. The Morgan fingerprint density at radius 1 is 1.25 bits per heavy atom.